The SMILES string of the molecule is CCOC(=O)c1ccc(NC(=O)c2nnn(-c3cccc(OC)c3)c2C)cc1. The zero-order valence-corrected chi connectivity index (χ0v) is 15.8. The maximum absolute atomic E-state index is 12.6. The molecule has 1 heterocycles. The standard InChI is InChI=1S/C20H20N4O4/c1-4-28-20(26)14-8-10-15(11-9-14)21-19(25)18-13(2)24(23-22-18)16-6-5-7-17(12-16)27-3/h5-12H,4H2,1-3H3,(H,21,25). The fourth-order valence-electron chi connectivity index (χ4n) is 2.62. The molecule has 3 aromatic rings. The Kier molecular flexibility index (Phi) is 5.69. The summed E-state index contributed by atoms with van der Waals surface area (Å²) in [6.45, 7) is 3.81. The van der Waals surface area contributed by atoms with Gasteiger partial charge < -0.3 is 14.8 Å². The maximum atomic E-state index is 12.6. The molecule has 2 aromatic carbocycles. The Bertz CT molecular complexity index is 996. The lowest BCUT2D eigenvalue weighted by molar-refractivity contribution is 0.0526. The Hall–Kier alpha value is -3.68. The second kappa shape index (κ2) is 8.34. The molecule has 1 amide bonds. The molecule has 8 nitrogen and oxygen atoms in total. The van der Waals surface area contributed by atoms with Gasteiger partial charge in [0.1, 0.15) is 5.75 Å². The Morgan fingerprint density at radius 1 is 1.14 bits per heavy atom. The van der Waals surface area contributed by atoms with Gasteiger partial charge in [0.15, 0.2) is 5.69 Å². The van der Waals surface area contributed by atoms with Gasteiger partial charge in [0.2, 0.25) is 0 Å². The highest BCUT2D eigenvalue weighted by molar-refractivity contribution is 6.03. The molecule has 0 bridgehead atoms. The van der Waals surface area contributed by atoms with Gasteiger partial charge >= 0.3 is 5.97 Å². The van der Waals surface area contributed by atoms with E-state index in [0.717, 1.165) is 5.69 Å². The van der Waals surface area contributed by atoms with Crippen molar-refractivity contribution in [2.45, 2.75) is 13.8 Å². The van der Waals surface area contributed by atoms with E-state index in [1.807, 2.05) is 18.2 Å². The first-order chi connectivity index (χ1) is 13.5. The van der Waals surface area contributed by atoms with Crippen molar-refractivity contribution >= 4 is 17.6 Å². The minimum absolute atomic E-state index is 0.206. The highest BCUT2D eigenvalue weighted by atomic mass is 16.5. The Balaban J connectivity index is 1.76. The number of rotatable bonds is 6. The molecule has 0 unspecified atom stereocenters. The summed E-state index contributed by atoms with van der Waals surface area (Å²) in [5.41, 5.74) is 2.49. The van der Waals surface area contributed by atoms with Crippen LogP contribution in [-0.2, 0) is 4.74 Å². The van der Waals surface area contributed by atoms with E-state index in [4.69, 9.17) is 9.47 Å². The predicted octanol–water partition coefficient (Wildman–Crippen LogP) is 3.01. The number of carbonyl (C=O) groups is 2. The number of methoxy groups -OCH3 is 1. The third-order valence-electron chi connectivity index (χ3n) is 4.06. The Morgan fingerprint density at radius 3 is 2.57 bits per heavy atom. The van der Waals surface area contributed by atoms with Crippen LogP contribution in [-0.4, -0.2) is 40.6 Å². The van der Waals surface area contributed by atoms with Crippen molar-refractivity contribution in [2.24, 2.45) is 0 Å². The number of anilines is 1. The summed E-state index contributed by atoms with van der Waals surface area (Å²) in [6.07, 6.45) is 0. The molecule has 0 aliphatic carbocycles. The van der Waals surface area contributed by atoms with Gasteiger partial charge in [0.05, 0.1) is 30.7 Å². The van der Waals surface area contributed by atoms with E-state index in [2.05, 4.69) is 15.6 Å². The van der Waals surface area contributed by atoms with Gasteiger partial charge in [-0.1, -0.05) is 11.3 Å². The maximum Gasteiger partial charge on any atom is 0.338 e. The summed E-state index contributed by atoms with van der Waals surface area (Å²) < 4.78 is 11.7. The minimum Gasteiger partial charge on any atom is -0.497 e. The molecule has 0 aliphatic heterocycles. The number of ether oxygens (including phenoxy) is 2. The van der Waals surface area contributed by atoms with Crippen LogP contribution in [0.5, 0.6) is 5.75 Å². The molecule has 0 aliphatic rings. The zero-order valence-electron chi connectivity index (χ0n) is 15.8. The van der Waals surface area contributed by atoms with Crippen LogP contribution in [0.3, 0.4) is 0 Å². The van der Waals surface area contributed by atoms with Crippen LogP contribution in [0, 0.1) is 6.92 Å². The van der Waals surface area contributed by atoms with Crippen molar-refractivity contribution in [1.29, 1.82) is 0 Å². The van der Waals surface area contributed by atoms with Crippen LogP contribution in [0.4, 0.5) is 5.69 Å². The molecular weight excluding hydrogens is 360 g/mol. The van der Waals surface area contributed by atoms with Crippen LogP contribution in [0.1, 0.15) is 33.5 Å². The lowest BCUT2D eigenvalue weighted by Gasteiger charge is -2.07. The molecule has 1 aromatic heterocycles. The van der Waals surface area contributed by atoms with Crippen LogP contribution in [0.25, 0.3) is 5.69 Å². The fourth-order valence-corrected chi connectivity index (χ4v) is 2.62. The fraction of sp³-hybridized carbons (Fsp3) is 0.200. The number of carbonyl (C=O) groups excluding carboxylic acids is 2. The summed E-state index contributed by atoms with van der Waals surface area (Å²) >= 11 is 0. The topological polar surface area (TPSA) is 95.3 Å². The third kappa shape index (κ3) is 4.01. The van der Waals surface area contributed by atoms with E-state index in [0.29, 0.717) is 29.3 Å². The average molecular weight is 380 g/mol. The monoisotopic (exact) mass is 380 g/mol. The minimum atomic E-state index is -0.405. The predicted molar refractivity (Wildman–Crippen MR) is 103 cm³/mol. The van der Waals surface area contributed by atoms with Crippen LogP contribution < -0.4 is 10.1 Å². The largest absolute Gasteiger partial charge is 0.497 e. The van der Waals surface area contributed by atoms with Crippen molar-refractivity contribution in [3.05, 3.63) is 65.5 Å². The van der Waals surface area contributed by atoms with Crippen molar-refractivity contribution in [1.82, 2.24) is 15.0 Å². The lowest BCUT2D eigenvalue weighted by atomic mass is 10.2. The van der Waals surface area contributed by atoms with Gasteiger partial charge in [0, 0.05) is 11.8 Å². The number of hydrogen-bond acceptors (Lipinski definition) is 6. The van der Waals surface area contributed by atoms with E-state index in [1.165, 1.54) is 0 Å². The molecule has 0 saturated carbocycles. The molecule has 28 heavy (non-hydrogen) atoms. The highest BCUT2D eigenvalue weighted by Gasteiger charge is 2.18. The van der Waals surface area contributed by atoms with Crippen LogP contribution in [0.2, 0.25) is 0 Å². The second-order valence-electron chi connectivity index (χ2n) is 5.89. The summed E-state index contributed by atoms with van der Waals surface area (Å²) in [7, 11) is 1.58. The number of amides is 1. The Labute approximate surface area is 162 Å². The van der Waals surface area contributed by atoms with Gasteiger partial charge in [-0.2, -0.15) is 0 Å². The normalized spacial score (nSPS) is 10.4. The van der Waals surface area contributed by atoms with Gasteiger partial charge in [-0.15, -0.1) is 5.10 Å². The molecular formula is C20H20N4O4. The van der Waals surface area contributed by atoms with Crippen LogP contribution >= 0.6 is 0 Å². The molecule has 3 rings (SSSR count). The number of nitrogens with one attached hydrogen (secondary N) is 1. The molecule has 8 heteroatoms. The zero-order chi connectivity index (χ0) is 20.1. The molecule has 144 valence electrons. The number of benzene rings is 2. The molecule has 0 saturated heterocycles. The molecule has 0 spiro atoms. The second-order valence-corrected chi connectivity index (χ2v) is 5.89. The first kappa shape index (κ1) is 19.1. The average Bonchev–Trinajstić information content (AvgIpc) is 3.10. The molecule has 0 atom stereocenters. The van der Waals surface area contributed by atoms with Gasteiger partial charge in [0.25, 0.3) is 5.91 Å². The summed E-state index contributed by atoms with van der Waals surface area (Å²) in [4.78, 5) is 24.3. The third-order valence-corrected chi connectivity index (χ3v) is 4.06. The van der Waals surface area contributed by atoms with Crippen molar-refractivity contribution in [3.8, 4) is 11.4 Å². The highest BCUT2D eigenvalue weighted by Crippen LogP contribution is 2.19. The smallest absolute Gasteiger partial charge is 0.338 e. The van der Waals surface area contributed by atoms with E-state index >= 15 is 0 Å². The summed E-state index contributed by atoms with van der Waals surface area (Å²) in [5, 5.41) is 10.8. The number of esters is 1. The summed E-state index contributed by atoms with van der Waals surface area (Å²) in [6, 6.07) is 13.7. The van der Waals surface area contributed by atoms with E-state index < -0.39 is 11.9 Å². The summed E-state index contributed by atoms with van der Waals surface area (Å²) in [5.74, 6) is -0.118. The van der Waals surface area contributed by atoms with Crippen LogP contribution in [0.15, 0.2) is 48.5 Å². The molecule has 0 fully saturated rings. The van der Waals surface area contributed by atoms with Gasteiger partial charge in [-0.05, 0) is 50.2 Å². The van der Waals surface area contributed by atoms with Crippen molar-refractivity contribution in [3.63, 3.8) is 0 Å². The number of aromatic nitrogens is 3. The molecule has 0 radical (unpaired) electrons. The van der Waals surface area contributed by atoms with Gasteiger partial charge in [-0.25, -0.2) is 9.48 Å². The van der Waals surface area contributed by atoms with E-state index in [9.17, 15) is 9.59 Å². The van der Waals surface area contributed by atoms with Crippen molar-refractivity contribution in [2.75, 3.05) is 19.0 Å². The van der Waals surface area contributed by atoms with E-state index in [1.54, 1.807) is 56.0 Å². The quantitative estimate of drug-likeness (QED) is 0.661. The molecule has 1 N–H and O–H groups in total. The van der Waals surface area contributed by atoms with Crippen molar-refractivity contribution < 1.29 is 19.1 Å². The number of hydrogen-bond donors (Lipinski definition) is 1. The lowest BCUT2D eigenvalue weighted by Crippen LogP contribution is -2.14. The van der Waals surface area contributed by atoms with Gasteiger partial charge in [-0.3, -0.25) is 4.79 Å². The number of nitrogens with zero attached hydrogens (tertiary/aromatic N) is 3. The van der Waals surface area contributed by atoms with E-state index in [-0.39, 0.29) is 5.69 Å². The first-order valence-corrected chi connectivity index (χ1v) is 8.68. The first-order valence-electron chi connectivity index (χ1n) is 8.68. The Morgan fingerprint density at radius 2 is 1.89 bits per heavy atom.